The Morgan fingerprint density at radius 1 is 1.36 bits per heavy atom. The summed E-state index contributed by atoms with van der Waals surface area (Å²) in [7, 11) is 0. The van der Waals surface area contributed by atoms with Gasteiger partial charge < -0.3 is 4.74 Å². The van der Waals surface area contributed by atoms with Gasteiger partial charge in [0.15, 0.2) is 6.29 Å². The van der Waals surface area contributed by atoms with Crippen LogP contribution in [-0.4, -0.2) is 47.3 Å². The van der Waals surface area contributed by atoms with E-state index in [1.54, 1.807) is 6.29 Å². The van der Waals surface area contributed by atoms with E-state index in [4.69, 9.17) is 39.5 Å². The molecule has 81 valence electrons. The summed E-state index contributed by atoms with van der Waals surface area (Å²) in [6.45, 7) is 2.58. The van der Waals surface area contributed by atoms with Crippen molar-refractivity contribution in [2.45, 2.75) is 16.3 Å². The van der Waals surface area contributed by atoms with Crippen LogP contribution >= 0.6 is 34.8 Å². The maximum absolute atomic E-state index is 10.3. The van der Waals surface area contributed by atoms with Crippen LogP contribution in [0.1, 0.15) is 6.42 Å². The van der Waals surface area contributed by atoms with Crippen molar-refractivity contribution in [2.24, 2.45) is 0 Å². The van der Waals surface area contributed by atoms with Gasteiger partial charge in [-0.2, -0.15) is 0 Å². The summed E-state index contributed by atoms with van der Waals surface area (Å²) in [4.78, 5) is 12.3. The third-order valence-electron chi connectivity index (χ3n) is 2.14. The molecular formula is C8H11Cl3NO2. The molecule has 0 aromatic heterocycles. The lowest BCUT2D eigenvalue weighted by Crippen LogP contribution is -2.49. The number of carbonyl (C=O) groups excluding carboxylic acids is 1. The first-order valence-electron chi connectivity index (χ1n) is 4.29. The Morgan fingerprint density at radius 3 is 2.36 bits per heavy atom. The Kier molecular flexibility index (Phi) is 4.94. The molecular weight excluding hydrogens is 248 g/mol. The molecule has 1 radical (unpaired) electrons. The van der Waals surface area contributed by atoms with Crippen molar-refractivity contribution in [1.29, 1.82) is 0 Å². The lowest BCUT2D eigenvalue weighted by atomic mass is 10.2. The fourth-order valence-corrected chi connectivity index (χ4v) is 2.07. The van der Waals surface area contributed by atoms with Crippen LogP contribution in [0, 0.1) is 0 Å². The van der Waals surface area contributed by atoms with E-state index in [1.165, 1.54) is 0 Å². The average molecular weight is 260 g/mol. The summed E-state index contributed by atoms with van der Waals surface area (Å²) in [6, 6.07) is -0.408. The third kappa shape index (κ3) is 3.55. The van der Waals surface area contributed by atoms with Crippen molar-refractivity contribution in [2.75, 3.05) is 26.3 Å². The van der Waals surface area contributed by atoms with Gasteiger partial charge in [-0.05, 0) is 0 Å². The predicted molar refractivity (Wildman–Crippen MR) is 56.8 cm³/mol. The van der Waals surface area contributed by atoms with Gasteiger partial charge in [-0.3, -0.25) is 9.69 Å². The summed E-state index contributed by atoms with van der Waals surface area (Å²) in [5.74, 6) is 0. The van der Waals surface area contributed by atoms with E-state index >= 15 is 0 Å². The highest BCUT2D eigenvalue weighted by molar-refractivity contribution is 6.68. The first-order valence-corrected chi connectivity index (χ1v) is 5.42. The SMILES string of the molecule is O=[C]CC(N1CCOCC1)C(Cl)(Cl)Cl. The Bertz CT molecular complexity index is 190. The van der Waals surface area contributed by atoms with Crippen molar-refractivity contribution < 1.29 is 9.53 Å². The Balaban J connectivity index is 2.60. The van der Waals surface area contributed by atoms with Crippen LogP contribution in [0.15, 0.2) is 0 Å². The molecule has 1 aliphatic heterocycles. The second kappa shape index (κ2) is 5.52. The third-order valence-corrected chi connectivity index (χ3v) is 2.90. The molecule has 0 aliphatic carbocycles. The van der Waals surface area contributed by atoms with Gasteiger partial charge in [0.1, 0.15) is 0 Å². The van der Waals surface area contributed by atoms with Crippen molar-refractivity contribution in [3.63, 3.8) is 0 Å². The number of morpholine rings is 1. The minimum atomic E-state index is -1.45. The second-order valence-corrected chi connectivity index (χ2v) is 5.42. The first-order chi connectivity index (χ1) is 6.55. The highest BCUT2D eigenvalue weighted by atomic mass is 35.6. The zero-order valence-electron chi connectivity index (χ0n) is 7.51. The smallest absolute Gasteiger partial charge is 0.206 e. The molecule has 14 heavy (non-hydrogen) atoms. The zero-order chi connectivity index (χ0) is 10.6. The van der Waals surface area contributed by atoms with E-state index in [9.17, 15) is 4.79 Å². The van der Waals surface area contributed by atoms with Crippen LogP contribution in [0.2, 0.25) is 0 Å². The van der Waals surface area contributed by atoms with Crippen LogP contribution < -0.4 is 0 Å². The van der Waals surface area contributed by atoms with Crippen LogP contribution in [0.5, 0.6) is 0 Å². The summed E-state index contributed by atoms with van der Waals surface area (Å²) in [5, 5.41) is 0. The number of hydrogen-bond donors (Lipinski definition) is 0. The summed E-state index contributed by atoms with van der Waals surface area (Å²) in [6.07, 6.45) is 1.89. The maximum atomic E-state index is 10.3. The zero-order valence-corrected chi connectivity index (χ0v) is 9.78. The van der Waals surface area contributed by atoms with Crippen LogP contribution in [0.4, 0.5) is 0 Å². The summed E-state index contributed by atoms with van der Waals surface area (Å²) >= 11 is 17.3. The van der Waals surface area contributed by atoms with Gasteiger partial charge in [0.05, 0.1) is 19.3 Å². The fraction of sp³-hybridized carbons (Fsp3) is 0.875. The van der Waals surface area contributed by atoms with Gasteiger partial charge in [0.25, 0.3) is 0 Å². The van der Waals surface area contributed by atoms with E-state index in [-0.39, 0.29) is 6.42 Å². The highest BCUT2D eigenvalue weighted by Crippen LogP contribution is 2.35. The van der Waals surface area contributed by atoms with Gasteiger partial charge in [-0.15, -0.1) is 0 Å². The molecule has 0 aromatic rings. The van der Waals surface area contributed by atoms with Crippen molar-refractivity contribution in [3.8, 4) is 0 Å². The standard InChI is InChI=1S/C8H11Cl3NO2/c9-8(10,11)7(1-4-13)12-2-5-14-6-3-12/h7H,1-3,5-6H2. The normalized spacial score (nSPS) is 21.9. The molecule has 1 rings (SSSR count). The topological polar surface area (TPSA) is 29.5 Å². The van der Waals surface area contributed by atoms with E-state index < -0.39 is 9.83 Å². The van der Waals surface area contributed by atoms with Crippen LogP contribution in [0.25, 0.3) is 0 Å². The summed E-state index contributed by atoms with van der Waals surface area (Å²) in [5.41, 5.74) is 0. The lowest BCUT2D eigenvalue weighted by Gasteiger charge is -2.36. The van der Waals surface area contributed by atoms with E-state index in [0.29, 0.717) is 26.3 Å². The van der Waals surface area contributed by atoms with Gasteiger partial charge in [-0.1, -0.05) is 34.8 Å². The molecule has 3 nitrogen and oxygen atoms in total. The average Bonchev–Trinajstić information content (AvgIpc) is 2.14. The van der Waals surface area contributed by atoms with Gasteiger partial charge in [0.2, 0.25) is 3.79 Å². The molecule has 0 N–H and O–H groups in total. The molecule has 1 saturated heterocycles. The fourth-order valence-electron chi connectivity index (χ4n) is 1.42. The van der Waals surface area contributed by atoms with Crippen LogP contribution in [0.3, 0.4) is 0 Å². The van der Waals surface area contributed by atoms with E-state index in [2.05, 4.69) is 0 Å². The Hall–Kier alpha value is 0.460. The van der Waals surface area contributed by atoms with Crippen LogP contribution in [-0.2, 0) is 9.53 Å². The lowest BCUT2D eigenvalue weighted by molar-refractivity contribution is 0.0186. The minimum absolute atomic E-state index is 0.108. The van der Waals surface area contributed by atoms with Crippen molar-refractivity contribution in [3.05, 3.63) is 0 Å². The highest BCUT2D eigenvalue weighted by Gasteiger charge is 2.37. The van der Waals surface area contributed by atoms with Gasteiger partial charge in [0, 0.05) is 19.5 Å². The van der Waals surface area contributed by atoms with Gasteiger partial charge >= 0.3 is 0 Å². The number of hydrogen-bond acceptors (Lipinski definition) is 3. The number of nitrogens with zero attached hydrogens (tertiary/aromatic N) is 1. The maximum Gasteiger partial charge on any atom is 0.206 e. The molecule has 0 saturated carbocycles. The van der Waals surface area contributed by atoms with E-state index in [0.717, 1.165) is 0 Å². The number of ether oxygens (including phenoxy) is 1. The molecule has 1 fully saturated rings. The molecule has 1 heterocycles. The monoisotopic (exact) mass is 258 g/mol. The predicted octanol–water partition coefficient (Wildman–Crippen LogP) is 1.56. The molecule has 1 aliphatic rings. The van der Waals surface area contributed by atoms with Gasteiger partial charge in [-0.25, -0.2) is 0 Å². The van der Waals surface area contributed by atoms with Crippen molar-refractivity contribution >= 4 is 41.1 Å². The first kappa shape index (κ1) is 12.5. The largest absolute Gasteiger partial charge is 0.379 e. The minimum Gasteiger partial charge on any atom is -0.379 e. The van der Waals surface area contributed by atoms with E-state index in [1.807, 2.05) is 4.90 Å². The molecule has 1 unspecified atom stereocenters. The number of rotatable bonds is 3. The Labute approximate surface area is 98.2 Å². The number of halogens is 3. The molecule has 6 heteroatoms. The second-order valence-electron chi connectivity index (χ2n) is 3.05. The summed E-state index contributed by atoms with van der Waals surface area (Å²) < 4.78 is 3.72. The van der Waals surface area contributed by atoms with Crippen molar-refractivity contribution in [1.82, 2.24) is 4.90 Å². The quantitative estimate of drug-likeness (QED) is 0.721. The Morgan fingerprint density at radius 2 is 1.93 bits per heavy atom. The molecule has 0 aromatic carbocycles. The molecule has 0 amide bonds. The molecule has 0 spiro atoms. The molecule has 0 bridgehead atoms. The molecule has 1 atom stereocenters. The number of alkyl halides is 3.